The number of carbonyl (C=O) groups is 4. The zero-order chi connectivity index (χ0) is 38.5. The van der Waals surface area contributed by atoms with Gasteiger partial charge in [-0.15, -0.1) is 0 Å². The normalized spacial score (nSPS) is 12.3. The summed E-state index contributed by atoms with van der Waals surface area (Å²) in [5.74, 6) is -3.70. The smallest absolute Gasteiger partial charge is 0.550 e. The standard InChI is InChI=1S/4C10H20O2.Ce/c3*1-4-5-6-7-8-10(2,3)9(11)12;1-4-6-7-8-10(3,5-2)9(11)12;/h4*4-8H2,1-3H3,(H,11,12);/q;;;;+4/p-4. The van der Waals surface area contributed by atoms with Crippen LogP contribution in [0.1, 0.15) is 212 Å². The molecule has 1 atom stereocenters. The van der Waals surface area contributed by atoms with E-state index in [1.807, 2.05) is 6.92 Å². The monoisotopic (exact) mass is 824 g/mol. The van der Waals surface area contributed by atoms with Crippen molar-refractivity contribution in [1.29, 1.82) is 0 Å². The number of hydrogen-bond acceptors (Lipinski definition) is 8. The Kier molecular flexibility index (Phi) is 38.9. The molecular weight excluding hydrogens is 749 g/mol. The molecule has 0 aliphatic heterocycles. The van der Waals surface area contributed by atoms with Gasteiger partial charge in [0.1, 0.15) is 0 Å². The minimum absolute atomic E-state index is 0. The van der Waals surface area contributed by atoms with Crippen molar-refractivity contribution in [3.05, 3.63) is 0 Å². The van der Waals surface area contributed by atoms with E-state index >= 15 is 0 Å². The quantitative estimate of drug-likeness (QED) is 0.0948. The number of carboxylic acids is 4. The van der Waals surface area contributed by atoms with Crippen LogP contribution in [0.15, 0.2) is 0 Å². The SMILES string of the molecule is CCCCCC(C)(CC)C(=O)[O-].CCCCCCC(C)(C)C(=O)[O-].CCCCCCC(C)(C)C(=O)[O-].CCCCCCC(C)(C)C(=O)[O-].[Ce+4]. The van der Waals surface area contributed by atoms with E-state index in [0.29, 0.717) is 6.42 Å². The molecule has 0 aromatic heterocycles. The van der Waals surface area contributed by atoms with Crippen molar-refractivity contribution in [1.82, 2.24) is 0 Å². The molecule has 0 aliphatic carbocycles. The van der Waals surface area contributed by atoms with Crippen LogP contribution in [0.4, 0.5) is 0 Å². The van der Waals surface area contributed by atoms with E-state index in [0.717, 1.165) is 83.5 Å². The van der Waals surface area contributed by atoms with Gasteiger partial charge in [0.05, 0.1) is 0 Å². The summed E-state index contributed by atoms with van der Waals surface area (Å²) in [4.78, 5) is 42.5. The van der Waals surface area contributed by atoms with Crippen molar-refractivity contribution in [3.8, 4) is 0 Å². The molecule has 0 spiro atoms. The Labute approximate surface area is 336 Å². The third-order valence-corrected chi connectivity index (χ3v) is 9.23. The molecule has 0 aliphatic rings. The summed E-state index contributed by atoms with van der Waals surface area (Å²) in [5, 5.41) is 42.5. The summed E-state index contributed by atoms with van der Waals surface area (Å²) in [5.41, 5.74) is -2.54. The number of aliphatic carboxylic acids is 4. The first-order chi connectivity index (χ1) is 22.1. The molecule has 49 heavy (non-hydrogen) atoms. The molecule has 0 bridgehead atoms. The van der Waals surface area contributed by atoms with Gasteiger partial charge in [-0.05, 0) is 32.1 Å². The molecule has 0 radical (unpaired) electrons. The van der Waals surface area contributed by atoms with E-state index < -0.39 is 45.5 Å². The van der Waals surface area contributed by atoms with Gasteiger partial charge >= 0.3 is 41.7 Å². The molecule has 0 N–H and O–H groups in total. The molecule has 8 nitrogen and oxygen atoms in total. The number of carbonyl (C=O) groups excluding carboxylic acids is 4. The van der Waals surface area contributed by atoms with Gasteiger partial charge in [-0.1, -0.05) is 179 Å². The molecule has 0 saturated carbocycles. The Balaban J connectivity index is -0.000000174. The van der Waals surface area contributed by atoms with Crippen LogP contribution in [0.25, 0.3) is 0 Å². The van der Waals surface area contributed by atoms with Crippen molar-refractivity contribution in [2.75, 3.05) is 0 Å². The van der Waals surface area contributed by atoms with Gasteiger partial charge in [-0.2, -0.15) is 0 Å². The third kappa shape index (κ3) is 34.1. The average Bonchev–Trinajstić information content (AvgIpc) is 3.00. The van der Waals surface area contributed by atoms with E-state index in [4.69, 9.17) is 0 Å². The number of rotatable bonds is 24. The fourth-order valence-electron chi connectivity index (χ4n) is 4.48. The third-order valence-electron chi connectivity index (χ3n) is 9.23. The Bertz CT molecular complexity index is 757. The van der Waals surface area contributed by atoms with Gasteiger partial charge in [-0.25, -0.2) is 0 Å². The number of carboxylic acid groups (broad SMARTS) is 4. The fraction of sp³-hybridized carbons (Fsp3) is 0.900. The first-order valence-electron chi connectivity index (χ1n) is 18.9. The largest absolute Gasteiger partial charge is 4.00 e. The van der Waals surface area contributed by atoms with Crippen LogP contribution in [-0.4, -0.2) is 23.9 Å². The van der Waals surface area contributed by atoms with Crippen LogP contribution in [0.3, 0.4) is 0 Å². The summed E-state index contributed by atoms with van der Waals surface area (Å²) in [6.07, 6.45) is 20.4. The maximum atomic E-state index is 10.7. The summed E-state index contributed by atoms with van der Waals surface area (Å²) in [7, 11) is 0. The van der Waals surface area contributed by atoms with Crippen molar-refractivity contribution in [2.45, 2.75) is 212 Å². The molecule has 0 aromatic rings. The molecule has 0 amide bonds. The van der Waals surface area contributed by atoms with Crippen LogP contribution >= 0.6 is 0 Å². The van der Waals surface area contributed by atoms with Crippen LogP contribution in [0.2, 0.25) is 0 Å². The summed E-state index contributed by atoms with van der Waals surface area (Å²) in [6, 6.07) is 0. The Morgan fingerprint density at radius 2 is 0.592 bits per heavy atom. The van der Waals surface area contributed by atoms with E-state index in [1.165, 1.54) is 38.5 Å². The predicted octanol–water partition coefficient (Wildman–Crippen LogP) is 6.93. The fourth-order valence-corrected chi connectivity index (χ4v) is 4.48. The minimum Gasteiger partial charge on any atom is -0.550 e. The van der Waals surface area contributed by atoms with Gasteiger partial charge in [0.25, 0.3) is 0 Å². The van der Waals surface area contributed by atoms with Crippen LogP contribution < -0.4 is 20.4 Å². The molecule has 0 aromatic carbocycles. The summed E-state index contributed by atoms with van der Waals surface area (Å²) in [6.45, 7) is 22.6. The topological polar surface area (TPSA) is 161 Å². The van der Waals surface area contributed by atoms with Crippen LogP contribution in [0, 0.1) is 63.4 Å². The molecular formula is C40H76CeO8. The van der Waals surface area contributed by atoms with Crippen molar-refractivity contribution in [2.24, 2.45) is 21.7 Å². The van der Waals surface area contributed by atoms with Crippen molar-refractivity contribution in [3.63, 3.8) is 0 Å². The summed E-state index contributed by atoms with van der Waals surface area (Å²) < 4.78 is 0. The second-order valence-electron chi connectivity index (χ2n) is 15.6. The molecule has 0 rings (SSSR count). The molecule has 9 heteroatoms. The minimum atomic E-state index is -0.931. The maximum absolute atomic E-state index is 10.7. The van der Waals surface area contributed by atoms with E-state index in [9.17, 15) is 39.6 Å². The second kappa shape index (κ2) is 33.1. The zero-order valence-electron chi connectivity index (χ0n) is 33.9. The first-order valence-corrected chi connectivity index (χ1v) is 18.9. The molecule has 0 heterocycles. The zero-order valence-corrected chi connectivity index (χ0v) is 37.0. The second-order valence-corrected chi connectivity index (χ2v) is 15.6. The van der Waals surface area contributed by atoms with Crippen molar-refractivity contribution >= 4 is 23.9 Å². The Hall–Kier alpha value is -0.743. The van der Waals surface area contributed by atoms with Crippen LogP contribution in [0.5, 0.6) is 0 Å². The van der Waals surface area contributed by atoms with E-state index in [-0.39, 0.29) is 41.7 Å². The first kappa shape index (κ1) is 57.6. The Morgan fingerprint density at radius 3 is 0.776 bits per heavy atom. The molecule has 0 saturated heterocycles. The van der Waals surface area contributed by atoms with Gasteiger partial charge < -0.3 is 39.6 Å². The predicted molar refractivity (Wildman–Crippen MR) is 190 cm³/mol. The van der Waals surface area contributed by atoms with Gasteiger partial charge in [0.2, 0.25) is 0 Å². The average molecular weight is 825 g/mol. The summed E-state index contributed by atoms with van der Waals surface area (Å²) >= 11 is 0. The van der Waals surface area contributed by atoms with Gasteiger partial charge in [0, 0.05) is 45.5 Å². The van der Waals surface area contributed by atoms with E-state index in [2.05, 4.69) is 27.7 Å². The van der Waals surface area contributed by atoms with Gasteiger partial charge in [0.15, 0.2) is 0 Å². The molecule has 0 fully saturated rings. The number of unbranched alkanes of at least 4 members (excludes halogenated alkanes) is 11. The van der Waals surface area contributed by atoms with Gasteiger partial charge in [-0.3, -0.25) is 0 Å². The molecule has 1 unspecified atom stereocenters. The number of hydrogen-bond donors (Lipinski definition) is 0. The maximum Gasteiger partial charge on any atom is 4.00 e. The van der Waals surface area contributed by atoms with E-state index in [1.54, 1.807) is 48.5 Å². The molecule has 288 valence electrons. The van der Waals surface area contributed by atoms with Crippen molar-refractivity contribution < 1.29 is 81.4 Å². The van der Waals surface area contributed by atoms with Crippen LogP contribution in [-0.2, 0) is 19.2 Å². The Morgan fingerprint density at radius 1 is 0.367 bits per heavy atom.